The highest BCUT2D eigenvalue weighted by Crippen LogP contribution is 2.32. The molecule has 1 aromatic heterocycles. The minimum Gasteiger partial charge on any atom is -0.389 e. The second-order valence-corrected chi connectivity index (χ2v) is 4.99. The van der Waals surface area contributed by atoms with Crippen LogP contribution in [0.25, 0.3) is 10.2 Å². The molecule has 0 aliphatic carbocycles. The summed E-state index contributed by atoms with van der Waals surface area (Å²) in [7, 11) is 0. The summed E-state index contributed by atoms with van der Waals surface area (Å²) in [6, 6.07) is 6.35. The molecule has 0 unspecified atom stereocenters. The average molecular weight is 248 g/mol. The molecular weight excluding hydrogens is 238 g/mol. The summed E-state index contributed by atoms with van der Waals surface area (Å²) >= 11 is 1.49. The zero-order chi connectivity index (χ0) is 12.0. The summed E-state index contributed by atoms with van der Waals surface area (Å²) in [6.07, 6.45) is -0.274. The molecule has 2 aromatic rings. The predicted octanol–water partition coefficient (Wildman–Crippen LogP) is 0.376. The lowest BCUT2D eigenvalue weighted by Gasteiger charge is -2.35. The van der Waals surface area contributed by atoms with Gasteiger partial charge in [-0.2, -0.15) is 0 Å². The lowest BCUT2D eigenvalue weighted by molar-refractivity contribution is 0.100. The van der Waals surface area contributed by atoms with Crippen LogP contribution in [0.4, 0.5) is 5.13 Å². The molecule has 2 heterocycles. The van der Waals surface area contributed by atoms with Crippen molar-refractivity contribution in [2.45, 2.75) is 6.10 Å². The number of nitrogens with two attached hydrogens (primary N) is 1. The highest BCUT2D eigenvalue weighted by atomic mass is 32.1. The molecule has 0 atom stereocenters. The molecule has 87 valence electrons. The molecule has 0 saturated carbocycles. The van der Waals surface area contributed by atoms with E-state index in [1.165, 1.54) is 11.3 Å². The van der Waals surface area contributed by atoms with Gasteiger partial charge in [-0.3, -0.25) is 4.79 Å². The van der Waals surface area contributed by atoms with Gasteiger partial charge in [-0.1, -0.05) is 17.4 Å². The first-order valence-electron chi connectivity index (χ1n) is 5.19. The molecule has 1 radical (unpaired) electrons. The van der Waals surface area contributed by atoms with Crippen LogP contribution in [0.2, 0.25) is 0 Å². The van der Waals surface area contributed by atoms with Crippen LogP contribution < -0.4 is 10.6 Å². The number of nitrogens with zero attached hydrogens (tertiary/aromatic N) is 2. The maximum atomic E-state index is 11.2. The summed E-state index contributed by atoms with van der Waals surface area (Å²) in [4.78, 5) is 17.6. The van der Waals surface area contributed by atoms with E-state index in [1.807, 2.05) is 11.0 Å². The highest BCUT2D eigenvalue weighted by Gasteiger charge is 2.27. The van der Waals surface area contributed by atoms with Crippen LogP contribution in [-0.4, -0.2) is 35.2 Å². The van der Waals surface area contributed by atoms with Crippen molar-refractivity contribution in [3.05, 3.63) is 23.8 Å². The van der Waals surface area contributed by atoms with E-state index in [2.05, 4.69) is 11.1 Å². The van der Waals surface area contributed by atoms with Crippen LogP contribution in [0.5, 0.6) is 0 Å². The molecule has 3 N–H and O–H groups in total. The number of fused-ring (bicyclic) bond motifs is 1. The maximum Gasteiger partial charge on any atom is 0.251 e. The van der Waals surface area contributed by atoms with Gasteiger partial charge in [0.05, 0.1) is 21.9 Å². The third kappa shape index (κ3) is 1.65. The molecule has 1 saturated heterocycles. The molecule has 1 aliphatic rings. The number of aliphatic hydroxyl groups is 1. The minimum absolute atomic E-state index is 0.274. The summed E-state index contributed by atoms with van der Waals surface area (Å²) in [5.74, 6) is -0.518. The SMILES string of the molecule is NC(=O)c1[c]ccc2sc(N3CC(O)C3)nc12. The summed E-state index contributed by atoms with van der Waals surface area (Å²) < 4.78 is 0.911. The number of carbonyl (C=O) groups excluding carboxylic acids is 1. The highest BCUT2D eigenvalue weighted by molar-refractivity contribution is 7.22. The molecule has 1 aromatic carbocycles. The zero-order valence-electron chi connectivity index (χ0n) is 8.88. The fraction of sp³-hybridized carbons (Fsp3) is 0.273. The monoisotopic (exact) mass is 248 g/mol. The molecule has 1 aliphatic heterocycles. The zero-order valence-corrected chi connectivity index (χ0v) is 9.70. The number of hydrogen-bond donors (Lipinski definition) is 2. The summed E-state index contributed by atoms with van der Waals surface area (Å²) in [5, 5.41) is 10.1. The number of β-amino-alcohol motifs (C(OH)–C–C–N with tert-alkyl or cyclic N) is 1. The molecule has 17 heavy (non-hydrogen) atoms. The van der Waals surface area contributed by atoms with Gasteiger partial charge in [-0.25, -0.2) is 4.98 Å². The van der Waals surface area contributed by atoms with E-state index in [0.717, 1.165) is 9.83 Å². The number of amides is 1. The van der Waals surface area contributed by atoms with Gasteiger partial charge in [0.1, 0.15) is 0 Å². The van der Waals surface area contributed by atoms with E-state index >= 15 is 0 Å². The fourth-order valence-corrected chi connectivity index (χ4v) is 2.81. The smallest absolute Gasteiger partial charge is 0.251 e. The number of benzene rings is 1. The lowest BCUT2D eigenvalue weighted by atomic mass is 10.2. The van der Waals surface area contributed by atoms with Crippen LogP contribution in [0, 0.1) is 6.07 Å². The van der Waals surface area contributed by atoms with Crippen molar-refractivity contribution in [3.63, 3.8) is 0 Å². The van der Waals surface area contributed by atoms with Crippen molar-refractivity contribution in [1.82, 2.24) is 4.98 Å². The van der Waals surface area contributed by atoms with Crippen molar-refractivity contribution < 1.29 is 9.90 Å². The van der Waals surface area contributed by atoms with E-state index in [1.54, 1.807) is 6.07 Å². The van der Waals surface area contributed by atoms with Crippen molar-refractivity contribution in [2.75, 3.05) is 18.0 Å². The Morgan fingerprint density at radius 1 is 1.65 bits per heavy atom. The first-order valence-corrected chi connectivity index (χ1v) is 6.01. The maximum absolute atomic E-state index is 11.2. The third-order valence-electron chi connectivity index (χ3n) is 2.72. The molecular formula is C11H10N3O2S. The molecule has 3 rings (SSSR count). The quantitative estimate of drug-likeness (QED) is 0.805. The van der Waals surface area contributed by atoms with Gasteiger partial charge in [0.15, 0.2) is 5.13 Å². The molecule has 1 amide bonds. The number of aromatic nitrogens is 1. The van der Waals surface area contributed by atoms with E-state index in [4.69, 9.17) is 5.73 Å². The summed E-state index contributed by atoms with van der Waals surface area (Å²) in [5.41, 5.74) is 6.20. The van der Waals surface area contributed by atoms with Gasteiger partial charge < -0.3 is 15.7 Å². The Kier molecular flexibility index (Phi) is 2.27. The van der Waals surface area contributed by atoms with Gasteiger partial charge in [0.25, 0.3) is 5.91 Å². The molecule has 1 fully saturated rings. The minimum atomic E-state index is -0.518. The van der Waals surface area contributed by atoms with Gasteiger partial charge in [-0.15, -0.1) is 0 Å². The van der Waals surface area contributed by atoms with Crippen molar-refractivity contribution in [3.8, 4) is 0 Å². The average Bonchev–Trinajstić information content (AvgIpc) is 2.66. The van der Waals surface area contributed by atoms with Crippen LogP contribution in [0.1, 0.15) is 10.4 Å². The Morgan fingerprint density at radius 3 is 3.06 bits per heavy atom. The lowest BCUT2D eigenvalue weighted by Crippen LogP contribution is -2.50. The van der Waals surface area contributed by atoms with Crippen LogP contribution in [0.3, 0.4) is 0 Å². The van der Waals surface area contributed by atoms with E-state index in [-0.39, 0.29) is 6.10 Å². The standard InChI is InChI=1S/C11H10N3O2S/c12-10(16)7-2-1-3-8-9(7)13-11(17-8)14-4-6(15)5-14/h1,3,6,15H,4-5H2,(H2,12,16). The second-order valence-electron chi connectivity index (χ2n) is 3.99. The van der Waals surface area contributed by atoms with Crippen LogP contribution >= 0.6 is 11.3 Å². The molecule has 0 spiro atoms. The van der Waals surface area contributed by atoms with Crippen molar-refractivity contribution >= 4 is 32.6 Å². The Morgan fingerprint density at radius 2 is 2.41 bits per heavy atom. The number of thiazole rings is 1. The van der Waals surface area contributed by atoms with E-state index in [0.29, 0.717) is 24.2 Å². The Labute approximate surface area is 101 Å². The third-order valence-corrected chi connectivity index (χ3v) is 3.80. The Balaban J connectivity index is 2.06. The van der Waals surface area contributed by atoms with Gasteiger partial charge in [-0.05, 0) is 12.1 Å². The fourth-order valence-electron chi connectivity index (χ4n) is 1.82. The first-order chi connectivity index (χ1) is 8.15. The molecule has 6 heteroatoms. The number of rotatable bonds is 2. The topological polar surface area (TPSA) is 79.5 Å². The molecule has 0 bridgehead atoms. The first kappa shape index (κ1) is 10.5. The van der Waals surface area contributed by atoms with E-state index in [9.17, 15) is 9.90 Å². The Bertz CT molecular complexity index is 589. The van der Waals surface area contributed by atoms with Gasteiger partial charge in [0, 0.05) is 13.1 Å². The van der Waals surface area contributed by atoms with Gasteiger partial charge in [0.2, 0.25) is 0 Å². The van der Waals surface area contributed by atoms with Crippen molar-refractivity contribution in [2.24, 2.45) is 5.73 Å². The van der Waals surface area contributed by atoms with Crippen molar-refractivity contribution in [1.29, 1.82) is 0 Å². The number of anilines is 1. The normalized spacial score (nSPS) is 16.2. The number of carbonyl (C=O) groups is 1. The largest absolute Gasteiger partial charge is 0.389 e. The number of aliphatic hydroxyl groups excluding tert-OH is 1. The summed E-state index contributed by atoms with van der Waals surface area (Å²) in [6.45, 7) is 1.19. The Hall–Kier alpha value is -1.66. The second kappa shape index (κ2) is 3.68. The van der Waals surface area contributed by atoms with Crippen LogP contribution in [0.15, 0.2) is 12.1 Å². The number of primary amides is 1. The van der Waals surface area contributed by atoms with Gasteiger partial charge >= 0.3 is 0 Å². The predicted molar refractivity (Wildman–Crippen MR) is 65.2 cm³/mol. The number of hydrogen-bond acceptors (Lipinski definition) is 5. The molecule has 5 nitrogen and oxygen atoms in total. The van der Waals surface area contributed by atoms with Crippen LogP contribution in [-0.2, 0) is 0 Å². The van der Waals surface area contributed by atoms with E-state index < -0.39 is 5.91 Å².